The first-order valence-electron chi connectivity index (χ1n) is 8.25. The van der Waals surface area contributed by atoms with Crippen LogP contribution in [-0.2, 0) is 14.3 Å². The Morgan fingerprint density at radius 2 is 2.12 bits per heavy atom. The highest BCUT2D eigenvalue weighted by Crippen LogP contribution is 2.22. The Bertz CT molecular complexity index is 574. The van der Waals surface area contributed by atoms with Gasteiger partial charge < -0.3 is 19.5 Å². The Morgan fingerprint density at radius 1 is 1.33 bits per heavy atom. The molecule has 1 N–H and O–H groups in total. The predicted molar refractivity (Wildman–Crippen MR) is 89.1 cm³/mol. The largest absolute Gasteiger partial charge is 0.494 e. The molecule has 1 heterocycles. The molecule has 24 heavy (non-hydrogen) atoms. The summed E-state index contributed by atoms with van der Waals surface area (Å²) in [5.41, 5.74) is 1.14. The number of carbonyl (C=O) groups excluding carboxylic acids is 1. The third-order valence-electron chi connectivity index (χ3n) is 4.24. The number of hydrogen-bond acceptors (Lipinski definition) is 4. The van der Waals surface area contributed by atoms with Crippen LogP contribution in [0.25, 0.3) is 0 Å². The Labute approximate surface area is 142 Å². The van der Waals surface area contributed by atoms with Crippen molar-refractivity contribution < 1.29 is 24.2 Å². The molecule has 1 aliphatic heterocycles. The molecule has 1 saturated heterocycles. The van der Waals surface area contributed by atoms with Crippen LogP contribution in [0.5, 0.6) is 5.75 Å². The van der Waals surface area contributed by atoms with E-state index in [2.05, 4.69) is 0 Å². The van der Waals surface area contributed by atoms with E-state index in [1.54, 1.807) is 7.11 Å². The molecular formula is C18H25NO5. The van der Waals surface area contributed by atoms with Crippen molar-refractivity contribution in [1.82, 2.24) is 4.90 Å². The van der Waals surface area contributed by atoms with E-state index in [0.717, 1.165) is 17.7 Å². The molecule has 0 radical (unpaired) electrons. The molecule has 0 aliphatic carbocycles. The number of ether oxygens (including phenoxy) is 2. The van der Waals surface area contributed by atoms with Crippen LogP contribution in [0.15, 0.2) is 24.3 Å². The predicted octanol–water partition coefficient (Wildman–Crippen LogP) is 2.24. The number of aryl methyl sites for hydroxylation is 1. The SMILES string of the molecule is COC1CC(C(=O)O)N(C(=O)CCCCOc2cccc(C)c2)C1. The molecule has 0 saturated carbocycles. The number of nitrogens with zero attached hydrogens (tertiary/aromatic N) is 1. The summed E-state index contributed by atoms with van der Waals surface area (Å²) >= 11 is 0. The zero-order valence-corrected chi connectivity index (χ0v) is 14.2. The highest BCUT2D eigenvalue weighted by molar-refractivity contribution is 5.84. The van der Waals surface area contributed by atoms with Crippen molar-refractivity contribution in [3.8, 4) is 5.75 Å². The van der Waals surface area contributed by atoms with E-state index in [4.69, 9.17) is 9.47 Å². The van der Waals surface area contributed by atoms with Gasteiger partial charge in [-0.05, 0) is 37.5 Å². The van der Waals surface area contributed by atoms with Crippen LogP contribution < -0.4 is 4.74 Å². The molecule has 1 fully saturated rings. The van der Waals surface area contributed by atoms with Gasteiger partial charge >= 0.3 is 5.97 Å². The summed E-state index contributed by atoms with van der Waals surface area (Å²) in [7, 11) is 1.54. The Hall–Kier alpha value is -2.08. The Balaban J connectivity index is 1.71. The van der Waals surface area contributed by atoms with E-state index < -0.39 is 12.0 Å². The zero-order valence-electron chi connectivity index (χ0n) is 14.2. The second-order valence-corrected chi connectivity index (χ2v) is 6.12. The van der Waals surface area contributed by atoms with Gasteiger partial charge in [-0.2, -0.15) is 0 Å². The van der Waals surface area contributed by atoms with Gasteiger partial charge in [-0.1, -0.05) is 12.1 Å². The first kappa shape index (κ1) is 18.3. The number of rotatable bonds is 8. The maximum atomic E-state index is 12.3. The summed E-state index contributed by atoms with van der Waals surface area (Å²) in [5.74, 6) is -0.266. The average molecular weight is 335 g/mol. The minimum atomic E-state index is -0.967. The summed E-state index contributed by atoms with van der Waals surface area (Å²) in [4.78, 5) is 25.0. The van der Waals surface area contributed by atoms with Gasteiger partial charge in [-0.15, -0.1) is 0 Å². The second-order valence-electron chi connectivity index (χ2n) is 6.12. The number of amides is 1. The van der Waals surface area contributed by atoms with Crippen LogP contribution >= 0.6 is 0 Å². The number of carboxylic acids is 1. The van der Waals surface area contributed by atoms with Crippen molar-refractivity contribution in [3.05, 3.63) is 29.8 Å². The lowest BCUT2D eigenvalue weighted by molar-refractivity contribution is -0.148. The summed E-state index contributed by atoms with van der Waals surface area (Å²) in [5, 5.41) is 9.23. The summed E-state index contributed by atoms with van der Waals surface area (Å²) in [6.07, 6.45) is 1.91. The minimum absolute atomic E-state index is 0.127. The van der Waals surface area contributed by atoms with Crippen LogP contribution in [0.1, 0.15) is 31.2 Å². The lowest BCUT2D eigenvalue weighted by Crippen LogP contribution is -2.40. The highest BCUT2D eigenvalue weighted by atomic mass is 16.5. The molecule has 132 valence electrons. The molecule has 2 atom stereocenters. The number of unbranched alkanes of at least 4 members (excludes halogenated alkanes) is 1. The number of hydrogen-bond donors (Lipinski definition) is 1. The zero-order chi connectivity index (χ0) is 17.5. The van der Waals surface area contributed by atoms with Gasteiger partial charge in [0, 0.05) is 26.5 Å². The van der Waals surface area contributed by atoms with Gasteiger partial charge in [0.15, 0.2) is 0 Å². The summed E-state index contributed by atoms with van der Waals surface area (Å²) < 4.78 is 10.8. The quantitative estimate of drug-likeness (QED) is 0.737. The van der Waals surface area contributed by atoms with Gasteiger partial charge in [0.1, 0.15) is 11.8 Å². The lowest BCUT2D eigenvalue weighted by Gasteiger charge is -2.21. The number of carboxylic acid groups (broad SMARTS) is 1. The molecule has 2 unspecified atom stereocenters. The minimum Gasteiger partial charge on any atom is -0.494 e. The normalized spacial score (nSPS) is 20.2. The maximum Gasteiger partial charge on any atom is 0.326 e. The lowest BCUT2D eigenvalue weighted by atomic mass is 10.2. The van der Waals surface area contributed by atoms with E-state index in [0.29, 0.717) is 32.4 Å². The van der Waals surface area contributed by atoms with Crippen LogP contribution in [0.2, 0.25) is 0 Å². The van der Waals surface area contributed by atoms with Crippen LogP contribution in [0.3, 0.4) is 0 Å². The summed E-state index contributed by atoms with van der Waals surface area (Å²) in [6.45, 7) is 2.90. The van der Waals surface area contributed by atoms with Crippen molar-refractivity contribution in [3.63, 3.8) is 0 Å². The molecule has 1 aromatic carbocycles. The van der Waals surface area contributed by atoms with Gasteiger partial charge in [0.05, 0.1) is 12.7 Å². The first-order valence-corrected chi connectivity index (χ1v) is 8.25. The van der Waals surface area contributed by atoms with E-state index in [1.807, 2.05) is 31.2 Å². The first-order chi connectivity index (χ1) is 11.5. The Morgan fingerprint density at radius 3 is 2.79 bits per heavy atom. The molecule has 2 rings (SSSR count). The number of likely N-dealkylation sites (tertiary alicyclic amines) is 1. The van der Waals surface area contributed by atoms with E-state index in [-0.39, 0.29) is 12.0 Å². The third-order valence-corrected chi connectivity index (χ3v) is 4.24. The maximum absolute atomic E-state index is 12.3. The van der Waals surface area contributed by atoms with Gasteiger partial charge in [0.25, 0.3) is 0 Å². The number of methoxy groups -OCH3 is 1. The van der Waals surface area contributed by atoms with Crippen molar-refractivity contribution in [2.24, 2.45) is 0 Å². The van der Waals surface area contributed by atoms with E-state index in [9.17, 15) is 14.7 Å². The van der Waals surface area contributed by atoms with E-state index in [1.165, 1.54) is 4.90 Å². The smallest absolute Gasteiger partial charge is 0.326 e. The molecule has 0 spiro atoms. The molecule has 1 aromatic rings. The van der Waals surface area contributed by atoms with Crippen molar-refractivity contribution in [2.45, 2.75) is 44.8 Å². The van der Waals surface area contributed by atoms with Crippen LogP contribution in [0.4, 0.5) is 0 Å². The third kappa shape index (κ3) is 4.96. The van der Waals surface area contributed by atoms with Crippen molar-refractivity contribution in [2.75, 3.05) is 20.3 Å². The van der Waals surface area contributed by atoms with Crippen molar-refractivity contribution in [1.29, 1.82) is 0 Å². The molecule has 1 amide bonds. The van der Waals surface area contributed by atoms with Crippen LogP contribution in [0, 0.1) is 6.92 Å². The van der Waals surface area contributed by atoms with Gasteiger partial charge in [-0.3, -0.25) is 4.79 Å². The fraction of sp³-hybridized carbons (Fsp3) is 0.556. The molecule has 6 nitrogen and oxygen atoms in total. The molecule has 0 aromatic heterocycles. The molecule has 1 aliphatic rings. The van der Waals surface area contributed by atoms with Crippen molar-refractivity contribution >= 4 is 11.9 Å². The monoisotopic (exact) mass is 335 g/mol. The topological polar surface area (TPSA) is 76.1 Å². The standard InChI is InChI=1S/C18H25NO5/c1-13-6-5-7-14(10-13)24-9-4-3-8-17(20)19-12-15(23-2)11-16(19)18(21)22/h5-7,10,15-16H,3-4,8-9,11-12H2,1-2H3,(H,21,22). The molecule has 6 heteroatoms. The van der Waals surface area contributed by atoms with E-state index >= 15 is 0 Å². The number of aliphatic carboxylic acids is 1. The van der Waals surface area contributed by atoms with Gasteiger partial charge in [-0.25, -0.2) is 4.79 Å². The summed E-state index contributed by atoms with van der Waals surface area (Å²) in [6, 6.07) is 7.06. The fourth-order valence-corrected chi connectivity index (χ4v) is 2.89. The fourth-order valence-electron chi connectivity index (χ4n) is 2.89. The average Bonchev–Trinajstić information content (AvgIpc) is 2.99. The second kappa shape index (κ2) is 8.68. The van der Waals surface area contributed by atoms with Crippen LogP contribution in [-0.4, -0.2) is 54.3 Å². The van der Waals surface area contributed by atoms with Gasteiger partial charge in [0.2, 0.25) is 5.91 Å². The Kier molecular flexibility index (Phi) is 6.61. The molecular weight excluding hydrogens is 310 g/mol. The molecule has 0 bridgehead atoms. The number of benzene rings is 1. The highest BCUT2D eigenvalue weighted by Gasteiger charge is 2.39. The number of carbonyl (C=O) groups is 2.